The minimum atomic E-state index is -0.238. The van der Waals surface area contributed by atoms with Crippen molar-refractivity contribution in [1.82, 2.24) is 4.57 Å². The van der Waals surface area contributed by atoms with Gasteiger partial charge in [-0.1, -0.05) is 62.4 Å². The zero-order valence-electron chi connectivity index (χ0n) is 23.4. The number of carbonyl (C=O) groups is 2. The molecule has 1 atom stereocenters. The van der Waals surface area contributed by atoms with E-state index in [2.05, 4.69) is 54.9 Å². The van der Waals surface area contributed by atoms with Crippen molar-refractivity contribution in [2.24, 2.45) is 0 Å². The van der Waals surface area contributed by atoms with Crippen LogP contribution in [0.4, 0.5) is 10.1 Å². The van der Waals surface area contributed by atoms with E-state index in [0.717, 1.165) is 48.3 Å². The second-order valence-electron chi connectivity index (χ2n) is 10.3. The number of hydrogen-bond donors (Lipinski definition) is 1. The molecule has 1 aliphatic heterocycles. The van der Waals surface area contributed by atoms with Gasteiger partial charge in [0.25, 0.3) is 0 Å². The van der Waals surface area contributed by atoms with Crippen molar-refractivity contribution in [2.45, 2.75) is 65.0 Å². The van der Waals surface area contributed by atoms with Crippen LogP contribution < -0.4 is 5.32 Å². The topological polar surface area (TPSA) is 60.3 Å². The van der Waals surface area contributed by atoms with Crippen molar-refractivity contribution in [1.29, 1.82) is 0 Å². The highest BCUT2D eigenvalue weighted by Crippen LogP contribution is 2.41. The van der Waals surface area contributed by atoms with Gasteiger partial charge in [-0.3, -0.25) is 9.59 Å². The lowest BCUT2D eigenvalue weighted by Gasteiger charge is -2.24. The monoisotopic (exact) mass is 540 g/mol. The molecule has 1 saturated heterocycles. The number of ether oxygens (including phenoxy) is 1. The Labute approximate surface area is 236 Å². The summed E-state index contributed by atoms with van der Waals surface area (Å²) in [5.74, 6) is -0.00337. The van der Waals surface area contributed by atoms with Crippen LogP contribution in [0.2, 0.25) is 0 Å². The summed E-state index contributed by atoms with van der Waals surface area (Å²) in [4.78, 5) is 21.6. The molecule has 4 aromatic rings. The second-order valence-corrected chi connectivity index (χ2v) is 10.3. The zero-order valence-corrected chi connectivity index (χ0v) is 23.4. The second kappa shape index (κ2) is 13.7. The van der Waals surface area contributed by atoms with Gasteiger partial charge in [-0.2, -0.15) is 0 Å². The van der Waals surface area contributed by atoms with Gasteiger partial charge < -0.3 is 14.6 Å². The van der Waals surface area contributed by atoms with Crippen LogP contribution in [0.5, 0.6) is 0 Å². The zero-order chi connectivity index (χ0) is 28.5. The summed E-state index contributed by atoms with van der Waals surface area (Å²) in [5, 5.41) is 2.53. The Morgan fingerprint density at radius 3 is 2.23 bits per heavy atom. The first-order chi connectivity index (χ1) is 19.4. The molecule has 2 heterocycles. The summed E-state index contributed by atoms with van der Waals surface area (Å²) in [6.45, 7) is 7.36. The SMILES string of the molecule is Cc1c(-c2ccccc2)c(-c2ccc(F)cc2)n(CC[C@@H]2CCCC(=O)O2)c1C(C)C.O=CNc1ccccc1. The molecule has 0 saturated carbocycles. The number of benzene rings is 3. The number of para-hydroxylation sites is 1. The molecule has 208 valence electrons. The van der Waals surface area contributed by atoms with E-state index in [4.69, 9.17) is 4.74 Å². The smallest absolute Gasteiger partial charge is 0.306 e. The molecule has 1 amide bonds. The third-order valence-electron chi connectivity index (χ3n) is 7.16. The predicted molar refractivity (Wildman–Crippen MR) is 159 cm³/mol. The number of carbonyl (C=O) groups excluding carboxylic acids is 2. The fraction of sp³-hybridized carbons (Fsp3) is 0.294. The van der Waals surface area contributed by atoms with Crippen LogP contribution in [-0.2, 0) is 20.9 Å². The highest BCUT2D eigenvalue weighted by atomic mass is 19.1. The van der Waals surface area contributed by atoms with Gasteiger partial charge in [0.15, 0.2) is 0 Å². The van der Waals surface area contributed by atoms with E-state index in [-0.39, 0.29) is 17.9 Å². The summed E-state index contributed by atoms with van der Waals surface area (Å²) in [6.07, 6.45) is 3.74. The lowest BCUT2D eigenvalue weighted by molar-refractivity contribution is -0.154. The van der Waals surface area contributed by atoms with Crippen molar-refractivity contribution in [2.75, 3.05) is 5.32 Å². The Morgan fingerprint density at radius 1 is 0.975 bits per heavy atom. The molecular weight excluding hydrogens is 503 g/mol. The van der Waals surface area contributed by atoms with Crippen LogP contribution in [0, 0.1) is 12.7 Å². The molecule has 6 heteroatoms. The van der Waals surface area contributed by atoms with E-state index in [1.54, 1.807) is 0 Å². The van der Waals surface area contributed by atoms with Gasteiger partial charge in [0.05, 0.1) is 5.69 Å². The molecule has 0 spiro atoms. The highest BCUT2D eigenvalue weighted by Gasteiger charge is 2.26. The van der Waals surface area contributed by atoms with E-state index in [1.807, 2.05) is 48.5 Å². The number of anilines is 1. The normalized spacial score (nSPS) is 14.7. The molecule has 40 heavy (non-hydrogen) atoms. The Kier molecular flexibility index (Phi) is 9.90. The van der Waals surface area contributed by atoms with Crippen molar-refractivity contribution in [3.05, 3.63) is 102 Å². The standard InChI is InChI=1S/C27H30FNO2.C7H7NO/c1-18(2)26-19(3)25(20-8-5-4-6-9-20)27(21-12-14-22(28)15-13-21)29(26)17-16-23-10-7-11-24(30)31-23;9-6-8-7-4-2-1-3-5-7/h4-6,8-9,12-15,18,23H,7,10-11,16-17H2,1-3H3;1-6H,(H,8,9)/t23-;/m0./s1. The third-order valence-corrected chi connectivity index (χ3v) is 7.16. The molecule has 0 bridgehead atoms. The Morgan fingerprint density at radius 2 is 1.62 bits per heavy atom. The van der Waals surface area contributed by atoms with Crippen LogP contribution in [0.25, 0.3) is 22.4 Å². The average molecular weight is 541 g/mol. The maximum atomic E-state index is 13.7. The van der Waals surface area contributed by atoms with Crippen LogP contribution in [-0.4, -0.2) is 23.1 Å². The van der Waals surface area contributed by atoms with Gasteiger partial charge in [-0.25, -0.2) is 4.39 Å². The maximum absolute atomic E-state index is 13.7. The third kappa shape index (κ3) is 7.06. The molecule has 0 unspecified atom stereocenters. The predicted octanol–water partition coefficient (Wildman–Crippen LogP) is 8.13. The summed E-state index contributed by atoms with van der Waals surface area (Å²) in [7, 11) is 0. The molecular formula is C34H37FN2O3. The quantitative estimate of drug-likeness (QED) is 0.181. The number of cyclic esters (lactones) is 1. The molecule has 0 radical (unpaired) electrons. The first kappa shape index (κ1) is 28.8. The lowest BCUT2D eigenvalue weighted by Crippen LogP contribution is -2.25. The molecule has 5 rings (SSSR count). The minimum Gasteiger partial charge on any atom is -0.462 e. The van der Waals surface area contributed by atoms with E-state index < -0.39 is 0 Å². The lowest BCUT2D eigenvalue weighted by atomic mass is 9.96. The van der Waals surface area contributed by atoms with Gasteiger partial charge in [-0.15, -0.1) is 0 Å². The first-order valence-corrected chi connectivity index (χ1v) is 13.9. The number of nitrogens with one attached hydrogen (secondary N) is 1. The van der Waals surface area contributed by atoms with Crippen LogP contribution in [0.3, 0.4) is 0 Å². The first-order valence-electron chi connectivity index (χ1n) is 13.9. The summed E-state index contributed by atoms with van der Waals surface area (Å²) in [6, 6.07) is 26.4. The van der Waals surface area contributed by atoms with Gasteiger partial charge >= 0.3 is 5.97 Å². The van der Waals surface area contributed by atoms with E-state index in [9.17, 15) is 14.0 Å². The maximum Gasteiger partial charge on any atom is 0.306 e. The number of halogens is 1. The number of rotatable bonds is 8. The molecule has 5 nitrogen and oxygen atoms in total. The number of amides is 1. The highest BCUT2D eigenvalue weighted by molar-refractivity contribution is 5.85. The van der Waals surface area contributed by atoms with Crippen LogP contribution in [0.15, 0.2) is 84.9 Å². The Bertz CT molecular complexity index is 1400. The minimum absolute atomic E-state index is 0.0368. The number of aromatic nitrogens is 1. The molecule has 1 aromatic heterocycles. The van der Waals surface area contributed by atoms with E-state index in [1.165, 1.54) is 29.0 Å². The van der Waals surface area contributed by atoms with Gasteiger partial charge in [0.2, 0.25) is 6.41 Å². The fourth-order valence-electron chi connectivity index (χ4n) is 5.46. The van der Waals surface area contributed by atoms with Crippen molar-refractivity contribution in [3.63, 3.8) is 0 Å². The van der Waals surface area contributed by atoms with Crippen molar-refractivity contribution >= 4 is 18.1 Å². The summed E-state index contributed by atoms with van der Waals surface area (Å²) in [5.41, 5.74) is 7.81. The van der Waals surface area contributed by atoms with Crippen LogP contribution in [0.1, 0.15) is 56.7 Å². The molecule has 1 N–H and O–H groups in total. The molecule has 1 aliphatic rings. The number of hydrogen-bond acceptors (Lipinski definition) is 3. The molecule has 0 aliphatic carbocycles. The van der Waals surface area contributed by atoms with E-state index >= 15 is 0 Å². The van der Waals surface area contributed by atoms with E-state index in [0.29, 0.717) is 18.7 Å². The summed E-state index contributed by atoms with van der Waals surface area (Å²) < 4.78 is 21.7. The number of esters is 1. The fourth-order valence-corrected chi connectivity index (χ4v) is 5.46. The number of nitrogens with zero attached hydrogens (tertiary/aromatic N) is 1. The Balaban J connectivity index is 0.000000350. The van der Waals surface area contributed by atoms with Gasteiger partial charge in [-0.05, 0) is 78.8 Å². The largest absolute Gasteiger partial charge is 0.462 e. The Hall–Kier alpha value is -4.19. The van der Waals surface area contributed by atoms with Crippen molar-refractivity contribution in [3.8, 4) is 22.4 Å². The van der Waals surface area contributed by atoms with Gasteiger partial charge in [0, 0.05) is 36.3 Å². The van der Waals surface area contributed by atoms with Crippen LogP contribution >= 0.6 is 0 Å². The van der Waals surface area contributed by atoms with Crippen molar-refractivity contribution < 1.29 is 18.7 Å². The molecule has 3 aromatic carbocycles. The van der Waals surface area contributed by atoms with Gasteiger partial charge in [0.1, 0.15) is 11.9 Å². The summed E-state index contributed by atoms with van der Waals surface area (Å²) >= 11 is 0. The molecule has 1 fully saturated rings. The average Bonchev–Trinajstić information content (AvgIpc) is 3.26.